The van der Waals surface area contributed by atoms with E-state index in [0.29, 0.717) is 29.1 Å². The third-order valence-electron chi connectivity index (χ3n) is 7.76. The van der Waals surface area contributed by atoms with Gasteiger partial charge in [-0.15, -0.1) is 0 Å². The first-order valence-corrected chi connectivity index (χ1v) is 13.2. The minimum atomic E-state index is 0.0814. The normalized spacial score (nSPS) is 18.9. The van der Waals surface area contributed by atoms with Crippen molar-refractivity contribution in [3.63, 3.8) is 0 Å². The smallest absolute Gasteiger partial charge is 0.162 e. The van der Waals surface area contributed by atoms with Gasteiger partial charge in [0.15, 0.2) is 5.82 Å². The number of rotatable bonds is 6. The van der Waals surface area contributed by atoms with Crippen LogP contribution in [0, 0.1) is 16.7 Å². The fraction of sp³-hybridized carbons (Fsp3) is 0.379. The van der Waals surface area contributed by atoms with Crippen LogP contribution >= 0.6 is 0 Å². The molecule has 9 nitrogen and oxygen atoms in total. The molecule has 1 saturated carbocycles. The highest BCUT2D eigenvalue weighted by atomic mass is 15.1. The fourth-order valence-corrected chi connectivity index (χ4v) is 5.31. The van der Waals surface area contributed by atoms with Crippen molar-refractivity contribution in [2.75, 3.05) is 23.7 Å². The lowest BCUT2D eigenvalue weighted by molar-refractivity contribution is 0.236. The van der Waals surface area contributed by atoms with E-state index < -0.39 is 0 Å². The quantitative estimate of drug-likeness (QED) is 0.326. The highest BCUT2D eigenvalue weighted by molar-refractivity contribution is 5.93. The van der Waals surface area contributed by atoms with Gasteiger partial charge in [0.25, 0.3) is 0 Å². The Morgan fingerprint density at radius 1 is 1.05 bits per heavy atom. The van der Waals surface area contributed by atoms with Crippen LogP contribution in [0.15, 0.2) is 48.9 Å². The predicted octanol–water partition coefficient (Wildman–Crippen LogP) is 5.16. The number of nitrogens with one attached hydrogen (secondary N) is 3. The summed E-state index contributed by atoms with van der Waals surface area (Å²) < 4.78 is 0. The molecule has 1 saturated heterocycles. The van der Waals surface area contributed by atoms with Gasteiger partial charge >= 0.3 is 0 Å². The Balaban J connectivity index is 1.41. The van der Waals surface area contributed by atoms with E-state index in [0.717, 1.165) is 41.8 Å². The molecule has 2 aliphatic rings. The van der Waals surface area contributed by atoms with Crippen molar-refractivity contribution in [2.24, 2.45) is 5.41 Å². The molecule has 0 unspecified atom stereocenters. The van der Waals surface area contributed by atoms with E-state index in [1.807, 2.05) is 24.5 Å². The molecule has 1 aliphatic heterocycles. The van der Waals surface area contributed by atoms with Crippen molar-refractivity contribution in [1.82, 2.24) is 30.2 Å². The maximum absolute atomic E-state index is 9.17. The highest BCUT2D eigenvalue weighted by Crippen LogP contribution is 2.42. The van der Waals surface area contributed by atoms with E-state index in [1.165, 1.54) is 24.8 Å². The standard InChI is InChI=1S/C29H31N9/c1-29(2)17-31-11-10-23(29)36-28-26-21(18-5-3-6-18)15-32-16-22(26)35-27(38-28)19-9-12-33-25(13-19)37-24-8-4-7-20(14-30)34-24/h4,7-9,12-13,15-16,18,23,31H,3,5-6,10-11,17H2,1-2H3,(H,33,34,37)(H,35,36,38)/t23-/m0/s1. The van der Waals surface area contributed by atoms with Crippen molar-refractivity contribution in [3.8, 4) is 17.5 Å². The van der Waals surface area contributed by atoms with Gasteiger partial charge in [-0.05, 0) is 67.0 Å². The van der Waals surface area contributed by atoms with Gasteiger partial charge in [0.1, 0.15) is 29.2 Å². The number of fused-ring (bicyclic) bond motifs is 1. The van der Waals surface area contributed by atoms with Gasteiger partial charge in [-0.1, -0.05) is 26.3 Å². The number of hydrogen-bond donors (Lipinski definition) is 3. The number of pyridine rings is 3. The molecule has 0 bridgehead atoms. The molecule has 0 amide bonds. The zero-order chi connectivity index (χ0) is 26.1. The molecule has 192 valence electrons. The Hall–Kier alpha value is -4.16. The van der Waals surface area contributed by atoms with E-state index in [1.54, 1.807) is 24.4 Å². The molecule has 4 aromatic heterocycles. The van der Waals surface area contributed by atoms with Crippen LogP contribution in [0.1, 0.15) is 56.7 Å². The van der Waals surface area contributed by atoms with E-state index in [2.05, 4.69) is 50.8 Å². The number of piperidine rings is 1. The van der Waals surface area contributed by atoms with Crippen LogP contribution < -0.4 is 16.0 Å². The van der Waals surface area contributed by atoms with Gasteiger partial charge in [-0.3, -0.25) is 4.98 Å². The summed E-state index contributed by atoms with van der Waals surface area (Å²) in [5, 5.41) is 20.8. The summed E-state index contributed by atoms with van der Waals surface area (Å²) in [5.41, 5.74) is 3.36. The van der Waals surface area contributed by atoms with E-state index in [9.17, 15) is 0 Å². The summed E-state index contributed by atoms with van der Waals surface area (Å²) in [6.07, 6.45) is 10.2. The second-order valence-corrected chi connectivity index (χ2v) is 10.9. The van der Waals surface area contributed by atoms with E-state index >= 15 is 0 Å². The summed E-state index contributed by atoms with van der Waals surface area (Å²) in [7, 11) is 0. The second-order valence-electron chi connectivity index (χ2n) is 10.9. The molecule has 1 aliphatic carbocycles. The van der Waals surface area contributed by atoms with Crippen LogP contribution in [0.4, 0.5) is 17.5 Å². The van der Waals surface area contributed by atoms with Crippen molar-refractivity contribution in [3.05, 3.63) is 60.2 Å². The summed E-state index contributed by atoms with van der Waals surface area (Å²) >= 11 is 0. The van der Waals surface area contributed by atoms with Crippen LogP contribution in [0.3, 0.4) is 0 Å². The van der Waals surface area contributed by atoms with Gasteiger partial charge in [0.05, 0.1) is 11.7 Å². The van der Waals surface area contributed by atoms with Gasteiger partial charge < -0.3 is 16.0 Å². The molecule has 4 aromatic rings. The fourth-order valence-electron chi connectivity index (χ4n) is 5.31. The van der Waals surface area contributed by atoms with Crippen molar-refractivity contribution >= 4 is 28.4 Å². The number of hydrogen-bond acceptors (Lipinski definition) is 9. The monoisotopic (exact) mass is 505 g/mol. The van der Waals surface area contributed by atoms with Crippen LogP contribution in [-0.2, 0) is 0 Å². The van der Waals surface area contributed by atoms with Crippen LogP contribution in [0.25, 0.3) is 22.3 Å². The molecule has 5 heterocycles. The first-order valence-electron chi connectivity index (χ1n) is 13.2. The molecule has 0 aromatic carbocycles. The van der Waals surface area contributed by atoms with Gasteiger partial charge in [0, 0.05) is 35.9 Å². The summed E-state index contributed by atoms with van der Waals surface area (Å²) in [6, 6.07) is 11.4. The Morgan fingerprint density at radius 3 is 2.74 bits per heavy atom. The SMILES string of the molecule is CC1(C)CNCC[C@@H]1Nc1nc(-c2ccnc(Nc3cccc(C#N)n3)c2)nc2cncc(C3CCC3)c12. The average molecular weight is 506 g/mol. The number of anilines is 3. The molecule has 9 heteroatoms. The van der Waals surface area contributed by atoms with E-state index in [4.69, 9.17) is 15.2 Å². The highest BCUT2D eigenvalue weighted by Gasteiger charge is 2.33. The van der Waals surface area contributed by atoms with Crippen LogP contribution in [0.2, 0.25) is 0 Å². The molecule has 0 spiro atoms. The average Bonchev–Trinajstić information content (AvgIpc) is 2.89. The van der Waals surface area contributed by atoms with Gasteiger partial charge in [0.2, 0.25) is 0 Å². The second kappa shape index (κ2) is 9.95. The first kappa shape index (κ1) is 24.2. The molecule has 38 heavy (non-hydrogen) atoms. The van der Waals surface area contributed by atoms with Crippen LogP contribution in [0.5, 0.6) is 0 Å². The zero-order valence-corrected chi connectivity index (χ0v) is 21.7. The lowest BCUT2D eigenvalue weighted by atomic mass is 9.78. The lowest BCUT2D eigenvalue weighted by Crippen LogP contribution is -2.49. The van der Waals surface area contributed by atoms with Crippen LogP contribution in [-0.4, -0.2) is 44.1 Å². The third-order valence-corrected chi connectivity index (χ3v) is 7.76. The minimum Gasteiger partial charge on any atom is -0.366 e. The van der Waals surface area contributed by atoms with Crippen molar-refractivity contribution in [1.29, 1.82) is 5.26 Å². The maximum atomic E-state index is 9.17. The van der Waals surface area contributed by atoms with E-state index in [-0.39, 0.29) is 11.5 Å². The van der Waals surface area contributed by atoms with Gasteiger partial charge in [-0.2, -0.15) is 5.26 Å². The van der Waals surface area contributed by atoms with Crippen molar-refractivity contribution in [2.45, 2.75) is 51.5 Å². The summed E-state index contributed by atoms with van der Waals surface area (Å²) in [6.45, 7) is 6.53. The molecule has 3 N–H and O–H groups in total. The predicted molar refractivity (Wildman–Crippen MR) is 148 cm³/mol. The Morgan fingerprint density at radius 2 is 1.95 bits per heavy atom. The molecule has 2 fully saturated rings. The zero-order valence-electron chi connectivity index (χ0n) is 21.7. The molecular formula is C29H31N9. The van der Waals surface area contributed by atoms with Crippen molar-refractivity contribution < 1.29 is 0 Å². The Kier molecular flexibility index (Phi) is 6.34. The molecule has 6 rings (SSSR count). The minimum absolute atomic E-state index is 0.0814. The Bertz CT molecular complexity index is 1520. The topological polar surface area (TPSA) is 124 Å². The largest absolute Gasteiger partial charge is 0.366 e. The molecule has 0 radical (unpaired) electrons. The first-order chi connectivity index (χ1) is 18.5. The summed E-state index contributed by atoms with van der Waals surface area (Å²) in [5.74, 6) is 3.16. The molecular weight excluding hydrogens is 474 g/mol. The Labute approximate surface area is 222 Å². The van der Waals surface area contributed by atoms with Gasteiger partial charge in [-0.25, -0.2) is 19.9 Å². The third kappa shape index (κ3) is 4.75. The maximum Gasteiger partial charge on any atom is 0.162 e. The molecule has 1 atom stereocenters. The summed E-state index contributed by atoms with van der Waals surface area (Å²) in [4.78, 5) is 23.4. The number of aromatic nitrogens is 5. The number of nitrogens with zero attached hydrogens (tertiary/aromatic N) is 6. The number of nitriles is 1. The lowest BCUT2D eigenvalue weighted by Gasteiger charge is -2.40.